The molecule has 0 bridgehead atoms. The number of esters is 2. The minimum atomic E-state index is -3.92. The highest BCUT2D eigenvalue weighted by Crippen LogP contribution is 2.34. The predicted octanol–water partition coefficient (Wildman–Crippen LogP) is -0.259. The van der Waals surface area contributed by atoms with Gasteiger partial charge in [-0.05, 0) is 20.3 Å². The maximum atomic E-state index is 12.4. The summed E-state index contributed by atoms with van der Waals surface area (Å²) in [6.07, 6.45) is 1.40. The summed E-state index contributed by atoms with van der Waals surface area (Å²) in [6.45, 7) is 3.39. The molecule has 2 rings (SSSR count). The van der Waals surface area contributed by atoms with Crippen LogP contribution in [0.15, 0.2) is 10.2 Å². The summed E-state index contributed by atoms with van der Waals surface area (Å²) in [7, 11) is -7.82. The summed E-state index contributed by atoms with van der Waals surface area (Å²) in [5.74, 6) is -3.29. The first-order valence-corrected chi connectivity index (χ1v) is 12.3. The molecule has 156 valence electrons. The molecular formula is C16H22N2O8S2. The molecule has 1 aliphatic carbocycles. The maximum Gasteiger partial charge on any atom is 0.310 e. The number of ether oxygens (including phenoxy) is 2. The zero-order valence-electron chi connectivity index (χ0n) is 16.0. The second-order valence-electron chi connectivity index (χ2n) is 6.41. The minimum absolute atomic E-state index is 0.0835. The van der Waals surface area contributed by atoms with Crippen molar-refractivity contribution in [3.05, 3.63) is 11.3 Å². The van der Waals surface area contributed by atoms with E-state index in [1.165, 1.54) is 0 Å². The number of rotatable bonds is 6. The molecular weight excluding hydrogens is 412 g/mol. The van der Waals surface area contributed by atoms with Gasteiger partial charge in [-0.15, -0.1) is 0 Å². The molecule has 0 aliphatic heterocycles. The summed E-state index contributed by atoms with van der Waals surface area (Å²) in [4.78, 5) is 32.5. The Morgan fingerprint density at radius 3 is 1.82 bits per heavy atom. The predicted molar refractivity (Wildman–Crippen MR) is 95.9 cm³/mol. The van der Waals surface area contributed by atoms with Gasteiger partial charge in [-0.1, -0.05) is 0 Å². The fraction of sp³-hybridized carbons (Fsp3) is 0.625. The van der Waals surface area contributed by atoms with Gasteiger partial charge >= 0.3 is 11.9 Å². The first-order chi connectivity index (χ1) is 12.9. The molecule has 1 aliphatic rings. The molecule has 0 amide bonds. The molecule has 0 radical (unpaired) electrons. The van der Waals surface area contributed by atoms with Crippen molar-refractivity contribution in [1.82, 2.24) is 9.97 Å². The molecule has 0 N–H and O–H groups in total. The van der Waals surface area contributed by atoms with Crippen LogP contribution in [0.3, 0.4) is 0 Å². The normalized spacial score (nSPS) is 19.6. The third kappa shape index (κ3) is 4.66. The summed E-state index contributed by atoms with van der Waals surface area (Å²) < 4.78 is 58.2. The Kier molecular flexibility index (Phi) is 6.44. The molecule has 1 heterocycles. The zero-order chi connectivity index (χ0) is 21.3. The van der Waals surface area contributed by atoms with E-state index in [9.17, 15) is 26.4 Å². The van der Waals surface area contributed by atoms with Crippen LogP contribution in [0.2, 0.25) is 0 Å². The largest absolute Gasteiger partial charge is 0.466 e. The molecule has 0 unspecified atom stereocenters. The number of hydrogen-bond donors (Lipinski definition) is 0. The summed E-state index contributed by atoms with van der Waals surface area (Å²) in [6, 6.07) is 0. The topological polar surface area (TPSA) is 147 Å². The van der Waals surface area contributed by atoms with Crippen LogP contribution in [0.4, 0.5) is 0 Å². The zero-order valence-corrected chi connectivity index (χ0v) is 17.6. The van der Waals surface area contributed by atoms with E-state index in [1.54, 1.807) is 13.8 Å². The molecule has 12 heteroatoms. The first kappa shape index (κ1) is 22.2. The lowest BCUT2D eigenvalue weighted by Gasteiger charge is -2.30. The minimum Gasteiger partial charge on any atom is -0.466 e. The Hall–Kier alpha value is -2.08. The molecule has 0 saturated carbocycles. The first-order valence-electron chi connectivity index (χ1n) is 8.53. The molecule has 0 aromatic carbocycles. The molecule has 1 aromatic rings. The van der Waals surface area contributed by atoms with E-state index in [0.717, 1.165) is 12.5 Å². The van der Waals surface area contributed by atoms with E-state index >= 15 is 0 Å². The molecule has 28 heavy (non-hydrogen) atoms. The van der Waals surface area contributed by atoms with Crippen molar-refractivity contribution in [1.29, 1.82) is 0 Å². The number of carbonyl (C=O) groups excluding carboxylic acids is 2. The second-order valence-corrected chi connectivity index (χ2v) is 10.2. The lowest BCUT2D eigenvalue weighted by molar-refractivity contribution is -0.160. The number of sulfone groups is 2. The van der Waals surface area contributed by atoms with E-state index in [4.69, 9.17) is 9.47 Å². The van der Waals surface area contributed by atoms with Crippen molar-refractivity contribution in [3.8, 4) is 0 Å². The quantitative estimate of drug-likeness (QED) is 0.333. The average Bonchev–Trinajstić information content (AvgIpc) is 2.58. The van der Waals surface area contributed by atoms with Crippen molar-refractivity contribution in [2.75, 3.05) is 25.7 Å². The number of aromatic nitrogens is 2. The molecule has 0 fully saturated rings. The van der Waals surface area contributed by atoms with E-state index in [-0.39, 0.29) is 37.3 Å². The van der Waals surface area contributed by atoms with Crippen molar-refractivity contribution in [2.45, 2.75) is 36.9 Å². The average molecular weight is 434 g/mol. The van der Waals surface area contributed by atoms with Gasteiger partial charge in [0.1, 0.15) is 0 Å². The highest BCUT2D eigenvalue weighted by atomic mass is 32.2. The summed E-state index contributed by atoms with van der Waals surface area (Å²) >= 11 is 0. The van der Waals surface area contributed by atoms with E-state index in [0.29, 0.717) is 0 Å². The molecule has 0 spiro atoms. The molecule has 2 atom stereocenters. The smallest absolute Gasteiger partial charge is 0.310 e. The van der Waals surface area contributed by atoms with Crippen molar-refractivity contribution >= 4 is 31.6 Å². The molecule has 0 saturated heterocycles. The van der Waals surface area contributed by atoms with Crippen LogP contribution in [-0.2, 0) is 51.6 Å². The van der Waals surface area contributed by atoms with Gasteiger partial charge in [0, 0.05) is 24.5 Å². The Morgan fingerprint density at radius 1 is 0.893 bits per heavy atom. The van der Waals surface area contributed by atoms with Gasteiger partial charge in [-0.3, -0.25) is 9.59 Å². The fourth-order valence-electron chi connectivity index (χ4n) is 3.04. The van der Waals surface area contributed by atoms with Gasteiger partial charge in [0.15, 0.2) is 14.9 Å². The van der Waals surface area contributed by atoms with Crippen LogP contribution in [0.1, 0.15) is 25.1 Å². The number of fused-ring (bicyclic) bond motifs is 1. The van der Waals surface area contributed by atoms with Gasteiger partial charge in [-0.25, -0.2) is 26.8 Å². The van der Waals surface area contributed by atoms with E-state index in [1.807, 2.05) is 0 Å². The van der Waals surface area contributed by atoms with Crippen LogP contribution >= 0.6 is 0 Å². The van der Waals surface area contributed by atoms with Crippen molar-refractivity contribution in [3.63, 3.8) is 0 Å². The standard InChI is InChI=1S/C16H22N2O8S2/c1-5-25-14(19)9-7-11-12(8-10(9)15(20)26-6-2)17-16(28(4,23)24)18-13(11)27(3,21)22/h9-10H,5-8H2,1-4H3/t9-,10-/m1/s1. The Morgan fingerprint density at radius 2 is 1.39 bits per heavy atom. The van der Waals surface area contributed by atoms with Crippen LogP contribution in [-0.4, -0.2) is 64.5 Å². The highest BCUT2D eigenvalue weighted by molar-refractivity contribution is 7.91. The van der Waals surface area contributed by atoms with Crippen LogP contribution in [0.5, 0.6) is 0 Å². The Balaban J connectivity index is 2.68. The SMILES string of the molecule is CCOC(=O)[C@@H]1Cc2nc(S(C)(=O)=O)nc(S(C)(=O)=O)c2C[C@H]1C(=O)OCC. The Labute approximate surface area is 163 Å². The van der Waals surface area contributed by atoms with Crippen LogP contribution < -0.4 is 0 Å². The third-order valence-corrected chi connectivity index (χ3v) is 6.10. The summed E-state index contributed by atoms with van der Waals surface area (Å²) in [5, 5.41) is -1.11. The van der Waals surface area contributed by atoms with E-state index in [2.05, 4.69) is 9.97 Å². The van der Waals surface area contributed by atoms with Gasteiger partial charge < -0.3 is 9.47 Å². The molecule has 1 aromatic heterocycles. The van der Waals surface area contributed by atoms with Crippen LogP contribution in [0.25, 0.3) is 0 Å². The van der Waals surface area contributed by atoms with Gasteiger partial charge in [-0.2, -0.15) is 0 Å². The van der Waals surface area contributed by atoms with Crippen molar-refractivity contribution < 1.29 is 35.9 Å². The van der Waals surface area contributed by atoms with Crippen LogP contribution in [0, 0.1) is 11.8 Å². The highest BCUT2D eigenvalue weighted by Gasteiger charge is 2.43. The third-order valence-electron chi connectivity index (χ3n) is 4.22. The number of hydrogen-bond acceptors (Lipinski definition) is 10. The van der Waals surface area contributed by atoms with E-state index < -0.39 is 53.6 Å². The molecule has 10 nitrogen and oxygen atoms in total. The number of nitrogens with zero attached hydrogens (tertiary/aromatic N) is 2. The number of carbonyl (C=O) groups is 2. The Bertz CT molecular complexity index is 1000. The maximum absolute atomic E-state index is 12.4. The fourth-order valence-corrected chi connectivity index (χ4v) is 4.53. The van der Waals surface area contributed by atoms with Crippen molar-refractivity contribution in [2.24, 2.45) is 11.8 Å². The van der Waals surface area contributed by atoms with Gasteiger partial charge in [0.2, 0.25) is 15.0 Å². The lowest BCUT2D eigenvalue weighted by atomic mass is 9.78. The summed E-state index contributed by atoms with van der Waals surface area (Å²) in [5.41, 5.74) is 0.211. The lowest BCUT2D eigenvalue weighted by Crippen LogP contribution is -2.40. The van der Waals surface area contributed by atoms with Gasteiger partial charge in [0.25, 0.3) is 0 Å². The second kappa shape index (κ2) is 8.11. The monoisotopic (exact) mass is 434 g/mol. The van der Waals surface area contributed by atoms with Gasteiger partial charge in [0.05, 0.1) is 30.7 Å².